The summed E-state index contributed by atoms with van der Waals surface area (Å²) in [5.41, 5.74) is 4.37. The molecule has 0 saturated heterocycles. The van der Waals surface area contributed by atoms with Crippen LogP contribution in [0.25, 0.3) is 0 Å². The van der Waals surface area contributed by atoms with Crippen LogP contribution in [0.4, 0.5) is 0 Å². The molecule has 1 atom stereocenters. The summed E-state index contributed by atoms with van der Waals surface area (Å²) in [6, 6.07) is 6.78. The van der Waals surface area contributed by atoms with Crippen LogP contribution in [0.5, 0.6) is 0 Å². The molecule has 1 aliphatic carbocycles. The summed E-state index contributed by atoms with van der Waals surface area (Å²) in [6.07, 6.45) is 5.39. The second kappa shape index (κ2) is 6.71. The Kier molecular flexibility index (Phi) is 4.97. The molecule has 3 heteroatoms. The number of carbonyl (C=O) groups is 1. The smallest absolute Gasteiger partial charge is 0.307 e. The molecule has 1 unspecified atom stereocenters. The van der Waals surface area contributed by atoms with E-state index >= 15 is 0 Å². The Labute approximate surface area is 115 Å². The van der Waals surface area contributed by atoms with Crippen LogP contribution in [0.3, 0.4) is 0 Å². The minimum Gasteiger partial charge on any atom is -0.481 e. The standard InChI is InChI=1S/C16H23NO2/c1-2-13(16(18)19)11-17-9-8-12-6-7-14-4-3-5-15(14)10-12/h6-7,10,13,17H,2-5,8-9,11H2,1H3,(H,18,19). The summed E-state index contributed by atoms with van der Waals surface area (Å²) < 4.78 is 0. The maximum atomic E-state index is 10.9. The summed E-state index contributed by atoms with van der Waals surface area (Å²) in [5.74, 6) is -0.965. The van der Waals surface area contributed by atoms with Gasteiger partial charge in [-0.25, -0.2) is 0 Å². The molecule has 104 valence electrons. The molecule has 0 saturated carbocycles. The van der Waals surface area contributed by atoms with Crippen molar-refractivity contribution in [2.75, 3.05) is 13.1 Å². The Morgan fingerprint density at radius 1 is 1.37 bits per heavy atom. The number of rotatable bonds is 7. The zero-order valence-corrected chi connectivity index (χ0v) is 11.6. The van der Waals surface area contributed by atoms with Gasteiger partial charge in [-0.15, -0.1) is 0 Å². The van der Waals surface area contributed by atoms with Gasteiger partial charge in [0.05, 0.1) is 5.92 Å². The number of carboxylic acid groups (broad SMARTS) is 1. The number of aliphatic carboxylic acids is 1. The monoisotopic (exact) mass is 261 g/mol. The van der Waals surface area contributed by atoms with Crippen molar-refractivity contribution in [2.45, 2.75) is 39.0 Å². The van der Waals surface area contributed by atoms with Gasteiger partial charge in [-0.2, -0.15) is 0 Å². The predicted molar refractivity (Wildman–Crippen MR) is 76.5 cm³/mol. The molecule has 1 aromatic rings. The third-order valence-corrected chi connectivity index (χ3v) is 3.99. The van der Waals surface area contributed by atoms with E-state index in [1.807, 2.05) is 6.92 Å². The molecule has 0 amide bonds. The first-order valence-electron chi connectivity index (χ1n) is 7.25. The molecule has 1 aromatic carbocycles. The topological polar surface area (TPSA) is 49.3 Å². The van der Waals surface area contributed by atoms with E-state index in [-0.39, 0.29) is 5.92 Å². The molecule has 0 heterocycles. The normalized spacial score (nSPS) is 15.2. The van der Waals surface area contributed by atoms with Crippen molar-refractivity contribution < 1.29 is 9.90 Å². The van der Waals surface area contributed by atoms with E-state index < -0.39 is 5.97 Å². The minimum absolute atomic E-state index is 0.264. The summed E-state index contributed by atoms with van der Waals surface area (Å²) in [7, 11) is 0. The van der Waals surface area contributed by atoms with E-state index in [4.69, 9.17) is 5.11 Å². The lowest BCUT2D eigenvalue weighted by Crippen LogP contribution is -2.29. The average molecular weight is 261 g/mol. The predicted octanol–water partition coefficient (Wildman–Crippen LogP) is 2.42. The van der Waals surface area contributed by atoms with Gasteiger partial charge in [0.2, 0.25) is 0 Å². The SMILES string of the molecule is CCC(CNCCc1ccc2c(c1)CCC2)C(=O)O. The fourth-order valence-corrected chi connectivity index (χ4v) is 2.70. The number of aryl methyl sites for hydroxylation is 2. The summed E-state index contributed by atoms with van der Waals surface area (Å²) in [5, 5.41) is 12.2. The van der Waals surface area contributed by atoms with Crippen LogP contribution in [-0.4, -0.2) is 24.2 Å². The highest BCUT2D eigenvalue weighted by atomic mass is 16.4. The first-order chi connectivity index (χ1) is 9.20. The molecule has 2 N–H and O–H groups in total. The molecule has 3 nitrogen and oxygen atoms in total. The van der Waals surface area contributed by atoms with Crippen LogP contribution in [0.1, 0.15) is 36.5 Å². The molecule has 2 rings (SSSR count). The first kappa shape index (κ1) is 14.1. The number of hydrogen-bond donors (Lipinski definition) is 2. The van der Waals surface area contributed by atoms with Crippen LogP contribution in [0.2, 0.25) is 0 Å². The Hall–Kier alpha value is -1.35. The number of hydrogen-bond acceptors (Lipinski definition) is 2. The molecule has 19 heavy (non-hydrogen) atoms. The number of fused-ring (bicyclic) bond motifs is 1. The van der Waals surface area contributed by atoms with Crippen molar-refractivity contribution in [3.05, 3.63) is 34.9 Å². The van der Waals surface area contributed by atoms with E-state index in [0.717, 1.165) is 13.0 Å². The van der Waals surface area contributed by atoms with Crippen molar-refractivity contribution in [3.8, 4) is 0 Å². The van der Waals surface area contributed by atoms with E-state index in [1.54, 1.807) is 0 Å². The average Bonchev–Trinajstić information content (AvgIpc) is 2.85. The second-order valence-corrected chi connectivity index (χ2v) is 5.35. The van der Waals surface area contributed by atoms with Gasteiger partial charge in [-0.05, 0) is 55.3 Å². The van der Waals surface area contributed by atoms with Crippen molar-refractivity contribution in [3.63, 3.8) is 0 Å². The fraction of sp³-hybridized carbons (Fsp3) is 0.562. The molecule has 0 bridgehead atoms. The molecule has 0 spiro atoms. The van der Waals surface area contributed by atoms with Crippen LogP contribution in [0.15, 0.2) is 18.2 Å². The number of carboxylic acids is 1. The zero-order chi connectivity index (χ0) is 13.7. The minimum atomic E-state index is -0.701. The van der Waals surface area contributed by atoms with E-state index in [1.165, 1.54) is 36.0 Å². The van der Waals surface area contributed by atoms with Crippen molar-refractivity contribution >= 4 is 5.97 Å². The molecule has 0 aromatic heterocycles. The highest BCUT2D eigenvalue weighted by Crippen LogP contribution is 2.22. The van der Waals surface area contributed by atoms with Crippen LogP contribution in [-0.2, 0) is 24.1 Å². The van der Waals surface area contributed by atoms with Crippen molar-refractivity contribution in [1.29, 1.82) is 0 Å². The quantitative estimate of drug-likeness (QED) is 0.741. The zero-order valence-electron chi connectivity index (χ0n) is 11.6. The van der Waals surface area contributed by atoms with Crippen LogP contribution >= 0.6 is 0 Å². The van der Waals surface area contributed by atoms with Crippen molar-refractivity contribution in [1.82, 2.24) is 5.32 Å². The van der Waals surface area contributed by atoms with Gasteiger partial charge in [0.1, 0.15) is 0 Å². The van der Waals surface area contributed by atoms with E-state index in [0.29, 0.717) is 13.0 Å². The van der Waals surface area contributed by atoms with Gasteiger partial charge in [0.25, 0.3) is 0 Å². The van der Waals surface area contributed by atoms with Gasteiger partial charge in [-0.1, -0.05) is 25.1 Å². The summed E-state index contributed by atoms with van der Waals surface area (Å²) >= 11 is 0. The number of benzene rings is 1. The van der Waals surface area contributed by atoms with Crippen LogP contribution in [0, 0.1) is 5.92 Å². The Bertz CT molecular complexity index is 442. The van der Waals surface area contributed by atoms with Gasteiger partial charge in [-0.3, -0.25) is 4.79 Å². The number of nitrogens with one attached hydrogen (secondary N) is 1. The third kappa shape index (κ3) is 3.80. The lowest BCUT2D eigenvalue weighted by molar-refractivity contribution is -0.141. The highest BCUT2D eigenvalue weighted by Gasteiger charge is 2.14. The highest BCUT2D eigenvalue weighted by molar-refractivity contribution is 5.70. The molecule has 0 aliphatic heterocycles. The Morgan fingerprint density at radius 2 is 2.16 bits per heavy atom. The second-order valence-electron chi connectivity index (χ2n) is 5.35. The van der Waals surface area contributed by atoms with Crippen molar-refractivity contribution in [2.24, 2.45) is 5.92 Å². The molecular weight excluding hydrogens is 238 g/mol. The largest absolute Gasteiger partial charge is 0.481 e. The van der Waals surface area contributed by atoms with Crippen LogP contribution < -0.4 is 5.32 Å². The van der Waals surface area contributed by atoms with Gasteiger partial charge in [0, 0.05) is 6.54 Å². The van der Waals surface area contributed by atoms with E-state index in [2.05, 4.69) is 23.5 Å². The van der Waals surface area contributed by atoms with E-state index in [9.17, 15) is 4.79 Å². The lowest BCUT2D eigenvalue weighted by Gasteiger charge is -2.11. The third-order valence-electron chi connectivity index (χ3n) is 3.99. The van der Waals surface area contributed by atoms with Gasteiger partial charge >= 0.3 is 5.97 Å². The first-order valence-corrected chi connectivity index (χ1v) is 7.25. The van der Waals surface area contributed by atoms with Gasteiger partial charge in [0.15, 0.2) is 0 Å². The van der Waals surface area contributed by atoms with Gasteiger partial charge < -0.3 is 10.4 Å². The maximum Gasteiger partial charge on any atom is 0.307 e. The Morgan fingerprint density at radius 3 is 2.89 bits per heavy atom. The summed E-state index contributed by atoms with van der Waals surface area (Å²) in [6.45, 7) is 3.33. The summed E-state index contributed by atoms with van der Waals surface area (Å²) in [4.78, 5) is 10.9. The maximum absolute atomic E-state index is 10.9. The molecule has 1 aliphatic rings. The molecule has 0 fully saturated rings. The fourth-order valence-electron chi connectivity index (χ4n) is 2.70. The molecular formula is C16H23NO2. The molecule has 0 radical (unpaired) electrons. The Balaban J connectivity index is 1.75. The lowest BCUT2D eigenvalue weighted by atomic mass is 10.0.